The van der Waals surface area contributed by atoms with Crippen LogP contribution in [0.4, 0.5) is 5.69 Å². The van der Waals surface area contributed by atoms with E-state index in [2.05, 4.69) is 11.9 Å². The van der Waals surface area contributed by atoms with Crippen molar-refractivity contribution in [3.63, 3.8) is 0 Å². The summed E-state index contributed by atoms with van der Waals surface area (Å²) in [7, 11) is 0. The number of ether oxygens (including phenoxy) is 1. The highest BCUT2D eigenvalue weighted by atomic mass is 16.5. The Morgan fingerprint density at radius 1 is 1.22 bits per heavy atom. The van der Waals surface area contributed by atoms with Crippen LogP contribution >= 0.6 is 0 Å². The van der Waals surface area contributed by atoms with Gasteiger partial charge in [0.2, 0.25) is 0 Å². The van der Waals surface area contributed by atoms with Crippen LogP contribution in [0.15, 0.2) is 18.5 Å². The fourth-order valence-corrected chi connectivity index (χ4v) is 1.70. The van der Waals surface area contributed by atoms with Gasteiger partial charge in [0.05, 0.1) is 17.9 Å². The normalized spacial score (nSPS) is 10.3. The van der Waals surface area contributed by atoms with Crippen molar-refractivity contribution >= 4 is 11.7 Å². The van der Waals surface area contributed by atoms with Gasteiger partial charge in [0.15, 0.2) is 0 Å². The van der Waals surface area contributed by atoms with Gasteiger partial charge in [-0.1, -0.05) is 39.0 Å². The van der Waals surface area contributed by atoms with Crippen LogP contribution in [0.3, 0.4) is 0 Å². The van der Waals surface area contributed by atoms with Crippen molar-refractivity contribution < 1.29 is 9.53 Å². The molecule has 0 radical (unpaired) electrons. The second-order valence-corrected chi connectivity index (χ2v) is 4.41. The number of rotatable bonds is 8. The molecule has 0 saturated heterocycles. The first-order valence-electron chi connectivity index (χ1n) is 6.61. The summed E-state index contributed by atoms with van der Waals surface area (Å²) in [5.74, 6) is -0.344. The van der Waals surface area contributed by atoms with E-state index in [0.29, 0.717) is 17.9 Å². The number of esters is 1. The van der Waals surface area contributed by atoms with Crippen molar-refractivity contribution in [1.82, 2.24) is 4.98 Å². The molecular formula is C14H22N2O2. The van der Waals surface area contributed by atoms with Crippen LogP contribution in [-0.4, -0.2) is 17.6 Å². The minimum absolute atomic E-state index is 0.344. The van der Waals surface area contributed by atoms with Gasteiger partial charge in [0.25, 0.3) is 0 Å². The highest BCUT2D eigenvalue weighted by Gasteiger charge is 2.07. The molecule has 1 rings (SSSR count). The molecule has 0 atom stereocenters. The van der Waals surface area contributed by atoms with Crippen LogP contribution in [0.2, 0.25) is 0 Å². The molecule has 0 aliphatic carbocycles. The molecule has 0 spiro atoms. The average Bonchev–Trinajstić information content (AvgIpc) is 2.37. The molecule has 0 bridgehead atoms. The first kappa shape index (κ1) is 14.5. The smallest absolute Gasteiger partial charge is 0.339 e. The summed E-state index contributed by atoms with van der Waals surface area (Å²) < 4.78 is 5.16. The summed E-state index contributed by atoms with van der Waals surface area (Å²) in [5, 5.41) is 0. The van der Waals surface area contributed by atoms with Gasteiger partial charge in [-0.3, -0.25) is 4.98 Å². The highest BCUT2D eigenvalue weighted by molar-refractivity contribution is 5.89. The van der Waals surface area contributed by atoms with E-state index < -0.39 is 0 Å². The Labute approximate surface area is 109 Å². The van der Waals surface area contributed by atoms with E-state index in [9.17, 15) is 4.79 Å². The number of nitrogens with two attached hydrogens (primary N) is 1. The zero-order chi connectivity index (χ0) is 13.2. The lowest BCUT2D eigenvalue weighted by Gasteiger charge is -2.05. The summed E-state index contributed by atoms with van der Waals surface area (Å²) in [6.45, 7) is 2.67. The molecule has 100 valence electrons. The molecule has 0 unspecified atom stereocenters. The van der Waals surface area contributed by atoms with E-state index in [1.165, 1.54) is 38.1 Å². The number of hydrogen-bond acceptors (Lipinski definition) is 4. The standard InChI is InChI=1S/C14H22N2O2/c1-2-3-4-5-6-7-8-18-14(17)12-9-13(15)11-16-10-12/h9-11H,2-8,15H2,1H3. The quantitative estimate of drug-likeness (QED) is 0.568. The Bertz CT molecular complexity index is 367. The lowest BCUT2D eigenvalue weighted by Crippen LogP contribution is -2.07. The number of hydrogen-bond donors (Lipinski definition) is 1. The number of pyridine rings is 1. The summed E-state index contributed by atoms with van der Waals surface area (Å²) in [4.78, 5) is 15.5. The van der Waals surface area contributed by atoms with Crippen molar-refractivity contribution in [1.29, 1.82) is 0 Å². The van der Waals surface area contributed by atoms with Crippen LogP contribution in [0, 0.1) is 0 Å². The number of unbranched alkanes of at least 4 members (excludes halogenated alkanes) is 5. The molecule has 0 fully saturated rings. The van der Waals surface area contributed by atoms with Gasteiger partial charge in [-0.2, -0.15) is 0 Å². The zero-order valence-corrected chi connectivity index (χ0v) is 11.0. The van der Waals surface area contributed by atoms with Crippen molar-refractivity contribution in [3.05, 3.63) is 24.0 Å². The van der Waals surface area contributed by atoms with E-state index in [-0.39, 0.29) is 5.97 Å². The van der Waals surface area contributed by atoms with Crippen LogP contribution in [0.25, 0.3) is 0 Å². The lowest BCUT2D eigenvalue weighted by atomic mass is 10.1. The Morgan fingerprint density at radius 3 is 2.67 bits per heavy atom. The van der Waals surface area contributed by atoms with Crippen LogP contribution < -0.4 is 5.73 Å². The van der Waals surface area contributed by atoms with Gasteiger partial charge in [-0.15, -0.1) is 0 Å². The fraction of sp³-hybridized carbons (Fsp3) is 0.571. The number of anilines is 1. The largest absolute Gasteiger partial charge is 0.462 e. The first-order chi connectivity index (χ1) is 8.74. The monoisotopic (exact) mass is 250 g/mol. The summed E-state index contributed by atoms with van der Waals surface area (Å²) in [6, 6.07) is 1.58. The SMILES string of the molecule is CCCCCCCCOC(=O)c1cncc(N)c1. The van der Waals surface area contributed by atoms with E-state index >= 15 is 0 Å². The zero-order valence-electron chi connectivity index (χ0n) is 11.0. The number of aromatic nitrogens is 1. The van der Waals surface area contributed by atoms with Crippen LogP contribution in [0.5, 0.6) is 0 Å². The second-order valence-electron chi connectivity index (χ2n) is 4.41. The molecule has 1 aromatic rings. The fourth-order valence-electron chi connectivity index (χ4n) is 1.70. The van der Waals surface area contributed by atoms with Gasteiger partial charge in [0.1, 0.15) is 0 Å². The molecular weight excluding hydrogens is 228 g/mol. The predicted octanol–water partition coefficient (Wildman–Crippen LogP) is 3.18. The predicted molar refractivity (Wildman–Crippen MR) is 72.3 cm³/mol. The molecule has 0 aliphatic heterocycles. The Balaban J connectivity index is 2.14. The van der Waals surface area contributed by atoms with Crippen molar-refractivity contribution in [3.8, 4) is 0 Å². The van der Waals surface area contributed by atoms with Gasteiger partial charge in [0, 0.05) is 12.4 Å². The highest BCUT2D eigenvalue weighted by Crippen LogP contribution is 2.08. The van der Waals surface area contributed by atoms with E-state index in [1.807, 2.05) is 0 Å². The molecule has 0 saturated carbocycles. The number of carbonyl (C=O) groups is 1. The molecule has 0 aromatic carbocycles. The minimum Gasteiger partial charge on any atom is -0.462 e. The average molecular weight is 250 g/mol. The van der Waals surface area contributed by atoms with Crippen molar-refractivity contribution in [2.45, 2.75) is 45.4 Å². The second kappa shape index (κ2) is 8.50. The number of nitrogens with zero attached hydrogens (tertiary/aromatic N) is 1. The lowest BCUT2D eigenvalue weighted by molar-refractivity contribution is 0.0497. The van der Waals surface area contributed by atoms with Crippen LogP contribution in [-0.2, 0) is 4.74 Å². The maximum atomic E-state index is 11.6. The molecule has 1 aromatic heterocycles. The van der Waals surface area contributed by atoms with Gasteiger partial charge < -0.3 is 10.5 Å². The Hall–Kier alpha value is -1.58. The number of nitrogen functional groups attached to an aromatic ring is 1. The summed E-state index contributed by atoms with van der Waals surface area (Å²) in [5.41, 5.74) is 6.44. The maximum Gasteiger partial charge on any atom is 0.339 e. The van der Waals surface area contributed by atoms with Gasteiger partial charge >= 0.3 is 5.97 Å². The minimum atomic E-state index is -0.344. The molecule has 0 aliphatic rings. The van der Waals surface area contributed by atoms with E-state index in [4.69, 9.17) is 10.5 Å². The Morgan fingerprint density at radius 2 is 1.94 bits per heavy atom. The van der Waals surface area contributed by atoms with Crippen molar-refractivity contribution in [2.24, 2.45) is 0 Å². The topological polar surface area (TPSA) is 65.2 Å². The van der Waals surface area contributed by atoms with E-state index in [0.717, 1.165) is 12.8 Å². The third kappa shape index (κ3) is 5.66. The molecule has 4 heteroatoms. The van der Waals surface area contributed by atoms with Gasteiger partial charge in [-0.25, -0.2) is 4.79 Å². The molecule has 2 N–H and O–H groups in total. The van der Waals surface area contributed by atoms with E-state index in [1.54, 1.807) is 6.07 Å². The van der Waals surface area contributed by atoms with Crippen LogP contribution in [0.1, 0.15) is 55.8 Å². The van der Waals surface area contributed by atoms with Crippen molar-refractivity contribution in [2.75, 3.05) is 12.3 Å². The number of carbonyl (C=O) groups excluding carboxylic acids is 1. The third-order valence-corrected chi connectivity index (χ3v) is 2.73. The molecule has 18 heavy (non-hydrogen) atoms. The summed E-state index contributed by atoms with van der Waals surface area (Å²) >= 11 is 0. The molecule has 0 amide bonds. The Kier molecular flexibility index (Phi) is 6.84. The van der Waals surface area contributed by atoms with Gasteiger partial charge in [-0.05, 0) is 12.5 Å². The molecule has 1 heterocycles. The maximum absolute atomic E-state index is 11.6. The first-order valence-corrected chi connectivity index (χ1v) is 6.61. The molecule has 4 nitrogen and oxygen atoms in total. The summed E-state index contributed by atoms with van der Waals surface area (Å²) in [6.07, 6.45) is 10.0. The third-order valence-electron chi connectivity index (χ3n) is 2.73.